The molecule has 29 heavy (non-hydrogen) atoms. The molecule has 3 aromatic rings. The number of carbonyl (C=O) groups excluding carboxylic acids is 2. The van der Waals surface area contributed by atoms with Crippen LogP contribution in [0.3, 0.4) is 0 Å². The van der Waals surface area contributed by atoms with Crippen LogP contribution in [0.1, 0.15) is 27.0 Å². The van der Waals surface area contributed by atoms with Gasteiger partial charge in [-0.15, -0.1) is 0 Å². The van der Waals surface area contributed by atoms with Crippen LogP contribution in [0.5, 0.6) is 11.5 Å². The Hall–Kier alpha value is -3.86. The van der Waals surface area contributed by atoms with Gasteiger partial charge in [0.2, 0.25) is 0 Å². The summed E-state index contributed by atoms with van der Waals surface area (Å²) in [6.45, 7) is 1.91. The van der Waals surface area contributed by atoms with Crippen LogP contribution >= 0.6 is 0 Å². The molecule has 0 aliphatic carbocycles. The van der Waals surface area contributed by atoms with E-state index in [0.717, 1.165) is 5.56 Å². The standard InChI is InChI=1S/C24H19NO4/c1-15-6-5-7-17(12-15)25-23(27)19-9-4-3-8-18(19)20(24(25)28)13-16-10-11-22(29-2)21(26)14-16/h3-14,26H,1-2H3/b20-13+. The van der Waals surface area contributed by atoms with Crippen LogP contribution in [0.25, 0.3) is 11.6 Å². The van der Waals surface area contributed by atoms with Gasteiger partial charge in [0.15, 0.2) is 11.5 Å². The zero-order valence-corrected chi connectivity index (χ0v) is 16.0. The molecule has 0 atom stereocenters. The monoisotopic (exact) mass is 385 g/mol. The van der Waals surface area contributed by atoms with Gasteiger partial charge in [0.05, 0.1) is 12.8 Å². The average Bonchev–Trinajstić information content (AvgIpc) is 2.71. The molecular weight excluding hydrogens is 366 g/mol. The van der Waals surface area contributed by atoms with E-state index >= 15 is 0 Å². The normalized spacial score (nSPS) is 14.8. The van der Waals surface area contributed by atoms with Gasteiger partial charge in [0.25, 0.3) is 11.8 Å². The molecule has 0 fully saturated rings. The molecule has 5 nitrogen and oxygen atoms in total. The van der Waals surface area contributed by atoms with E-state index in [9.17, 15) is 14.7 Å². The highest BCUT2D eigenvalue weighted by Gasteiger charge is 2.35. The third-order valence-electron chi connectivity index (χ3n) is 4.86. The zero-order chi connectivity index (χ0) is 20.5. The average molecular weight is 385 g/mol. The number of imide groups is 1. The number of ether oxygens (including phenoxy) is 1. The van der Waals surface area contributed by atoms with Crippen LogP contribution in [-0.4, -0.2) is 24.0 Å². The lowest BCUT2D eigenvalue weighted by molar-refractivity contribution is -0.112. The number of nitrogens with zero attached hydrogens (tertiary/aromatic N) is 1. The number of carbonyl (C=O) groups is 2. The lowest BCUT2D eigenvalue weighted by atomic mass is 9.91. The first-order valence-electron chi connectivity index (χ1n) is 9.13. The lowest BCUT2D eigenvalue weighted by Gasteiger charge is -2.29. The number of aromatic hydroxyl groups is 1. The molecule has 3 aromatic carbocycles. The predicted octanol–water partition coefficient (Wildman–Crippen LogP) is 4.44. The largest absolute Gasteiger partial charge is 0.504 e. The van der Waals surface area contributed by atoms with E-state index in [1.807, 2.05) is 19.1 Å². The summed E-state index contributed by atoms with van der Waals surface area (Å²) in [4.78, 5) is 27.7. The molecular formula is C24H19NO4. The molecule has 0 saturated heterocycles. The minimum Gasteiger partial charge on any atom is -0.504 e. The number of methoxy groups -OCH3 is 1. The number of phenolic OH excluding ortho intramolecular Hbond substituents is 1. The van der Waals surface area contributed by atoms with E-state index in [4.69, 9.17) is 4.74 Å². The molecule has 1 heterocycles. The summed E-state index contributed by atoms with van der Waals surface area (Å²) in [7, 11) is 1.47. The number of rotatable bonds is 3. The topological polar surface area (TPSA) is 66.8 Å². The summed E-state index contributed by atoms with van der Waals surface area (Å²) in [5, 5.41) is 10.1. The van der Waals surface area contributed by atoms with Crippen LogP contribution in [0.4, 0.5) is 5.69 Å². The van der Waals surface area contributed by atoms with Gasteiger partial charge in [0.1, 0.15) is 0 Å². The van der Waals surface area contributed by atoms with Crippen LogP contribution in [0.2, 0.25) is 0 Å². The van der Waals surface area contributed by atoms with Gasteiger partial charge in [-0.1, -0.05) is 36.4 Å². The number of aryl methyl sites for hydroxylation is 1. The molecule has 0 spiro atoms. The van der Waals surface area contributed by atoms with Crippen molar-refractivity contribution in [2.45, 2.75) is 6.92 Å². The molecule has 1 aliphatic rings. The van der Waals surface area contributed by atoms with Gasteiger partial charge in [-0.25, -0.2) is 4.90 Å². The minimum atomic E-state index is -0.408. The lowest BCUT2D eigenvalue weighted by Crippen LogP contribution is -2.41. The van der Waals surface area contributed by atoms with Crippen molar-refractivity contribution >= 4 is 29.2 Å². The molecule has 4 rings (SSSR count). The fourth-order valence-electron chi connectivity index (χ4n) is 3.46. The van der Waals surface area contributed by atoms with Crippen molar-refractivity contribution in [1.82, 2.24) is 0 Å². The van der Waals surface area contributed by atoms with Gasteiger partial charge in [-0.05, 0) is 60.0 Å². The van der Waals surface area contributed by atoms with Gasteiger partial charge in [-0.2, -0.15) is 0 Å². The summed E-state index contributed by atoms with van der Waals surface area (Å²) in [6, 6.07) is 19.2. The molecule has 0 unspecified atom stereocenters. The molecule has 1 aliphatic heterocycles. The first-order valence-corrected chi connectivity index (χ1v) is 9.13. The van der Waals surface area contributed by atoms with Crippen LogP contribution in [0, 0.1) is 6.92 Å². The molecule has 1 N–H and O–H groups in total. The van der Waals surface area contributed by atoms with Crippen LogP contribution in [0.15, 0.2) is 66.7 Å². The molecule has 0 aromatic heterocycles. The van der Waals surface area contributed by atoms with Crippen molar-refractivity contribution in [2.24, 2.45) is 0 Å². The summed E-state index contributed by atoms with van der Waals surface area (Å²) < 4.78 is 5.08. The third kappa shape index (κ3) is 3.27. The van der Waals surface area contributed by atoms with E-state index in [-0.39, 0.29) is 11.7 Å². The van der Waals surface area contributed by atoms with Crippen molar-refractivity contribution in [1.29, 1.82) is 0 Å². The number of amides is 2. The Balaban J connectivity index is 1.88. The highest BCUT2D eigenvalue weighted by Crippen LogP contribution is 2.35. The summed E-state index contributed by atoms with van der Waals surface area (Å²) >= 11 is 0. The van der Waals surface area contributed by atoms with Crippen molar-refractivity contribution in [3.8, 4) is 11.5 Å². The molecule has 0 bridgehead atoms. The van der Waals surface area contributed by atoms with Crippen molar-refractivity contribution < 1.29 is 19.4 Å². The van der Waals surface area contributed by atoms with Crippen molar-refractivity contribution in [2.75, 3.05) is 12.0 Å². The molecule has 0 radical (unpaired) electrons. The smallest absolute Gasteiger partial charge is 0.265 e. The predicted molar refractivity (Wildman–Crippen MR) is 112 cm³/mol. The van der Waals surface area contributed by atoms with Crippen LogP contribution < -0.4 is 9.64 Å². The maximum Gasteiger partial charge on any atom is 0.265 e. The quantitative estimate of drug-likeness (QED) is 0.535. The van der Waals surface area contributed by atoms with Gasteiger partial charge >= 0.3 is 0 Å². The second kappa shape index (κ2) is 7.28. The Bertz CT molecular complexity index is 1160. The first kappa shape index (κ1) is 18.5. The summed E-state index contributed by atoms with van der Waals surface area (Å²) in [5.74, 6) is -0.440. The summed E-state index contributed by atoms with van der Waals surface area (Å²) in [6.07, 6.45) is 1.68. The van der Waals surface area contributed by atoms with Crippen molar-refractivity contribution in [3.63, 3.8) is 0 Å². The number of phenols is 1. The fraction of sp³-hybridized carbons (Fsp3) is 0.0833. The number of hydrogen-bond acceptors (Lipinski definition) is 4. The fourth-order valence-corrected chi connectivity index (χ4v) is 3.46. The van der Waals surface area contributed by atoms with Gasteiger partial charge in [-0.3, -0.25) is 9.59 Å². The highest BCUT2D eigenvalue weighted by molar-refractivity contribution is 6.43. The number of fused-ring (bicyclic) bond motifs is 1. The van der Waals surface area contributed by atoms with E-state index in [0.29, 0.717) is 33.7 Å². The molecule has 144 valence electrons. The van der Waals surface area contributed by atoms with Crippen LogP contribution in [-0.2, 0) is 4.79 Å². The van der Waals surface area contributed by atoms with E-state index in [2.05, 4.69) is 0 Å². The first-order chi connectivity index (χ1) is 14.0. The molecule has 2 amide bonds. The second-order valence-electron chi connectivity index (χ2n) is 6.82. The highest BCUT2D eigenvalue weighted by atomic mass is 16.5. The minimum absolute atomic E-state index is 0.0231. The Morgan fingerprint density at radius 2 is 1.66 bits per heavy atom. The molecule has 0 saturated carbocycles. The SMILES string of the molecule is COc1ccc(/C=C2/C(=O)N(c3cccc(C)c3)C(=O)c3ccccc32)cc1O. The van der Waals surface area contributed by atoms with Gasteiger partial charge in [0, 0.05) is 11.1 Å². The van der Waals surface area contributed by atoms with Crippen molar-refractivity contribution in [3.05, 3.63) is 89.0 Å². The Labute approximate surface area is 168 Å². The molecule has 5 heteroatoms. The Morgan fingerprint density at radius 3 is 2.34 bits per heavy atom. The van der Waals surface area contributed by atoms with E-state index in [1.165, 1.54) is 18.1 Å². The Morgan fingerprint density at radius 1 is 0.897 bits per heavy atom. The Kier molecular flexibility index (Phi) is 4.64. The second-order valence-corrected chi connectivity index (χ2v) is 6.82. The van der Waals surface area contributed by atoms with E-state index < -0.39 is 5.91 Å². The summed E-state index contributed by atoms with van der Waals surface area (Å²) in [5.41, 5.74) is 3.51. The maximum atomic E-state index is 13.4. The maximum absolute atomic E-state index is 13.4. The van der Waals surface area contributed by atoms with E-state index in [1.54, 1.807) is 54.6 Å². The number of hydrogen-bond donors (Lipinski definition) is 1. The third-order valence-corrected chi connectivity index (χ3v) is 4.86. The number of benzene rings is 3. The number of anilines is 1. The zero-order valence-electron chi connectivity index (χ0n) is 16.0. The van der Waals surface area contributed by atoms with Gasteiger partial charge < -0.3 is 9.84 Å².